The van der Waals surface area contributed by atoms with Crippen molar-refractivity contribution in [3.05, 3.63) is 0 Å². The summed E-state index contributed by atoms with van der Waals surface area (Å²) in [6.45, 7) is 0.145. The highest BCUT2D eigenvalue weighted by Gasteiger charge is 2.17. The molecule has 0 rings (SSSR count). The minimum absolute atomic E-state index is 0.0187. The maximum atomic E-state index is 11.6. The Balaban J connectivity index is 4.03. The van der Waals surface area contributed by atoms with Crippen LogP contribution in [0.5, 0.6) is 0 Å². The van der Waals surface area contributed by atoms with Crippen LogP contribution in [-0.4, -0.2) is 51.8 Å². The highest BCUT2D eigenvalue weighted by Crippen LogP contribution is 1.97. The first-order valence-corrected chi connectivity index (χ1v) is 6.79. The van der Waals surface area contributed by atoms with Crippen molar-refractivity contribution in [1.29, 1.82) is 0 Å². The van der Waals surface area contributed by atoms with Crippen LogP contribution < -0.4 is 10.5 Å². The maximum Gasteiger partial charge on any atom is 0.306 e. The number of hydrogen-bond acceptors (Lipinski definition) is 5. The van der Waals surface area contributed by atoms with E-state index in [1.807, 2.05) is 0 Å². The molecule has 0 aliphatic rings. The molecule has 0 unspecified atom stereocenters. The Morgan fingerprint density at radius 3 is 2.44 bits per heavy atom. The van der Waals surface area contributed by atoms with Crippen LogP contribution in [0.2, 0.25) is 0 Å². The third-order valence-corrected chi connectivity index (χ3v) is 3.73. The van der Waals surface area contributed by atoms with E-state index in [1.165, 1.54) is 14.2 Å². The number of nitrogens with two attached hydrogens (primary N) is 1. The van der Waals surface area contributed by atoms with Crippen LogP contribution >= 0.6 is 0 Å². The first kappa shape index (κ1) is 16.8. The number of hydrogen-bond donors (Lipinski definition) is 2. The number of nitrogens with one attached hydrogen (secondary N) is 1. The van der Waals surface area contributed by atoms with Crippen molar-refractivity contribution in [3.8, 4) is 0 Å². The van der Waals surface area contributed by atoms with Gasteiger partial charge in [0.15, 0.2) is 0 Å². The Bertz CT molecular complexity index is 382. The van der Waals surface area contributed by atoms with Crippen molar-refractivity contribution >= 4 is 22.1 Å². The highest BCUT2D eigenvalue weighted by atomic mass is 32.2. The Kier molecular flexibility index (Phi) is 7.48. The number of carbonyl (C=O) groups is 2. The molecule has 0 aromatic carbocycles. The van der Waals surface area contributed by atoms with Gasteiger partial charge in [0.2, 0.25) is 5.91 Å². The summed E-state index contributed by atoms with van der Waals surface area (Å²) in [6, 6.07) is 0. The first-order chi connectivity index (χ1) is 8.29. The second kappa shape index (κ2) is 8.01. The van der Waals surface area contributed by atoms with Gasteiger partial charge in [-0.1, -0.05) is 0 Å². The first-order valence-electron chi connectivity index (χ1n) is 5.35. The molecule has 0 aliphatic carbocycles. The van der Waals surface area contributed by atoms with Crippen LogP contribution in [0.25, 0.3) is 0 Å². The lowest BCUT2D eigenvalue weighted by atomic mass is 10.3. The van der Waals surface area contributed by atoms with Gasteiger partial charge >= 0.3 is 5.97 Å². The van der Waals surface area contributed by atoms with E-state index >= 15 is 0 Å². The van der Waals surface area contributed by atoms with E-state index in [1.54, 1.807) is 0 Å². The summed E-state index contributed by atoms with van der Waals surface area (Å²) in [4.78, 5) is 21.3. The van der Waals surface area contributed by atoms with Crippen molar-refractivity contribution < 1.29 is 22.7 Å². The molecule has 0 saturated heterocycles. The van der Waals surface area contributed by atoms with Gasteiger partial charge in [0.25, 0.3) is 10.2 Å². The van der Waals surface area contributed by atoms with Gasteiger partial charge in [0, 0.05) is 26.6 Å². The Morgan fingerprint density at radius 2 is 1.94 bits per heavy atom. The average Bonchev–Trinajstić information content (AvgIpc) is 2.30. The van der Waals surface area contributed by atoms with E-state index in [0.29, 0.717) is 6.42 Å². The number of amides is 1. The van der Waals surface area contributed by atoms with Crippen molar-refractivity contribution in [3.63, 3.8) is 0 Å². The molecule has 0 aromatic rings. The van der Waals surface area contributed by atoms with Crippen LogP contribution in [-0.2, 0) is 24.5 Å². The molecule has 0 saturated carbocycles. The number of esters is 1. The summed E-state index contributed by atoms with van der Waals surface area (Å²) < 4.78 is 31.0. The molecule has 0 heterocycles. The number of rotatable bonds is 9. The lowest BCUT2D eigenvalue weighted by Gasteiger charge is -2.16. The lowest BCUT2D eigenvalue weighted by Crippen LogP contribution is -2.39. The van der Waals surface area contributed by atoms with Gasteiger partial charge in [-0.25, -0.2) is 4.72 Å². The summed E-state index contributed by atoms with van der Waals surface area (Å²) in [5.41, 5.74) is 4.92. The summed E-state index contributed by atoms with van der Waals surface area (Å²) in [6.07, 6.45) is 0.434. The fourth-order valence-electron chi connectivity index (χ4n) is 1.04. The number of nitrogens with zero attached hydrogens (tertiary/aromatic N) is 1. The smallest absolute Gasteiger partial charge is 0.306 e. The molecule has 9 heteroatoms. The van der Waals surface area contributed by atoms with Crippen LogP contribution in [0.3, 0.4) is 0 Å². The van der Waals surface area contributed by atoms with Gasteiger partial charge in [-0.2, -0.15) is 12.7 Å². The molecule has 0 radical (unpaired) electrons. The molecular weight excluding hydrogens is 262 g/mol. The summed E-state index contributed by atoms with van der Waals surface area (Å²) in [5.74, 6) is -0.959. The Labute approximate surface area is 107 Å². The summed E-state index contributed by atoms with van der Waals surface area (Å²) in [5, 5.41) is 0. The molecule has 1 amide bonds. The second-order valence-electron chi connectivity index (χ2n) is 3.62. The summed E-state index contributed by atoms with van der Waals surface area (Å²) >= 11 is 0. The van der Waals surface area contributed by atoms with E-state index in [9.17, 15) is 18.0 Å². The zero-order chi connectivity index (χ0) is 14.2. The number of methoxy groups -OCH3 is 1. The molecule has 8 nitrogen and oxygen atoms in total. The topological polar surface area (TPSA) is 119 Å². The molecule has 0 aliphatic heterocycles. The van der Waals surface area contributed by atoms with E-state index in [-0.39, 0.29) is 25.9 Å². The van der Waals surface area contributed by atoms with Gasteiger partial charge < -0.3 is 10.5 Å². The van der Waals surface area contributed by atoms with Crippen LogP contribution in [0.1, 0.15) is 19.3 Å². The van der Waals surface area contributed by atoms with Gasteiger partial charge in [0.05, 0.1) is 13.5 Å². The summed E-state index contributed by atoms with van der Waals surface area (Å²) in [7, 11) is -1.06. The van der Waals surface area contributed by atoms with Gasteiger partial charge in [-0.3, -0.25) is 9.59 Å². The minimum Gasteiger partial charge on any atom is -0.469 e. The van der Waals surface area contributed by atoms with Crippen LogP contribution in [0.15, 0.2) is 0 Å². The zero-order valence-corrected chi connectivity index (χ0v) is 11.3. The quantitative estimate of drug-likeness (QED) is 0.397. The van der Waals surface area contributed by atoms with Crippen molar-refractivity contribution in [2.75, 3.05) is 27.2 Å². The number of carbonyl (C=O) groups excluding carboxylic acids is 2. The number of ether oxygens (including phenoxy) is 1. The normalized spacial score (nSPS) is 11.5. The minimum atomic E-state index is -3.64. The predicted octanol–water partition coefficient (Wildman–Crippen LogP) is -1.42. The lowest BCUT2D eigenvalue weighted by molar-refractivity contribution is -0.140. The van der Waals surface area contributed by atoms with E-state index in [2.05, 4.69) is 9.46 Å². The highest BCUT2D eigenvalue weighted by molar-refractivity contribution is 7.87. The molecule has 0 atom stereocenters. The molecule has 3 N–H and O–H groups in total. The maximum absolute atomic E-state index is 11.6. The average molecular weight is 281 g/mol. The molecule has 0 spiro atoms. The Hall–Kier alpha value is -1.19. The van der Waals surface area contributed by atoms with Crippen LogP contribution in [0, 0.1) is 0 Å². The predicted molar refractivity (Wildman–Crippen MR) is 64.6 cm³/mol. The van der Waals surface area contributed by atoms with E-state index < -0.39 is 22.1 Å². The SMILES string of the molecule is COC(=O)CCN(C)S(=O)(=O)NCCCC(N)=O. The molecule has 106 valence electrons. The second-order valence-corrected chi connectivity index (χ2v) is 5.48. The fourth-order valence-corrected chi connectivity index (χ4v) is 2.00. The molecule has 0 fully saturated rings. The number of primary amides is 1. The van der Waals surface area contributed by atoms with E-state index in [4.69, 9.17) is 5.73 Å². The third kappa shape index (κ3) is 7.20. The molecule has 0 aromatic heterocycles. The fraction of sp³-hybridized carbons (Fsp3) is 0.778. The monoisotopic (exact) mass is 281 g/mol. The Morgan fingerprint density at radius 1 is 1.33 bits per heavy atom. The standard InChI is InChI=1S/C9H19N3O5S/c1-12(7-5-9(14)17-2)18(15,16)11-6-3-4-8(10)13/h11H,3-7H2,1-2H3,(H2,10,13). The van der Waals surface area contributed by atoms with Gasteiger partial charge in [-0.05, 0) is 6.42 Å². The van der Waals surface area contributed by atoms with Crippen molar-refractivity contribution in [2.45, 2.75) is 19.3 Å². The van der Waals surface area contributed by atoms with Crippen LogP contribution in [0.4, 0.5) is 0 Å². The van der Waals surface area contributed by atoms with Crippen molar-refractivity contribution in [1.82, 2.24) is 9.03 Å². The van der Waals surface area contributed by atoms with Gasteiger partial charge in [0.1, 0.15) is 0 Å². The molecule has 18 heavy (non-hydrogen) atoms. The largest absolute Gasteiger partial charge is 0.469 e. The van der Waals surface area contributed by atoms with Crippen molar-refractivity contribution in [2.24, 2.45) is 5.73 Å². The zero-order valence-electron chi connectivity index (χ0n) is 10.5. The van der Waals surface area contributed by atoms with E-state index in [0.717, 1.165) is 4.31 Å². The van der Waals surface area contributed by atoms with Gasteiger partial charge in [-0.15, -0.1) is 0 Å². The molecule has 0 bridgehead atoms. The third-order valence-electron chi connectivity index (χ3n) is 2.15. The molecular formula is C9H19N3O5S.